The summed E-state index contributed by atoms with van der Waals surface area (Å²) in [5.41, 5.74) is 7.31. The highest BCUT2D eigenvalue weighted by atomic mass is 19.1. The predicted molar refractivity (Wildman–Crippen MR) is 140 cm³/mol. The molecule has 2 atom stereocenters. The van der Waals surface area contributed by atoms with Crippen LogP contribution in [-0.4, -0.2) is 0 Å². The molecular weight excluding hydrogens is 407 g/mol. The van der Waals surface area contributed by atoms with Gasteiger partial charge in [-0.25, -0.2) is 4.39 Å². The predicted octanol–water partition coefficient (Wildman–Crippen LogP) is 9.25. The van der Waals surface area contributed by atoms with Gasteiger partial charge in [0.25, 0.3) is 0 Å². The zero-order valence-corrected chi connectivity index (χ0v) is 21.6. The Labute approximate surface area is 201 Å². The average Bonchev–Trinajstić information content (AvgIpc) is 2.82. The largest absolute Gasteiger partial charge is 0.462 e. The van der Waals surface area contributed by atoms with Crippen LogP contribution in [0.15, 0.2) is 65.9 Å². The summed E-state index contributed by atoms with van der Waals surface area (Å²) in [5, 5.41) is 0. The van der Waals surface area contributed by atoms with E-state index in [1.807, 2.05) is 0 Å². The molecule has 0 spiro atoms. The molecular formula is C31H43FO. The van der Waals surface area contributed by atoms with Crippen molar-refractivity contribution in [2.45, 2.75) is 86.5 Å². The van der Waals surface area contributed by atoms with E-state index in [4.69, 9.17) is 4.74 Å². The standard InChI is InChI=1S/C31H43FO/c1-8-22(5)31(30(11-4)24(7)33-29-19-17-28(32)18-20-29)23(6)13-12-14-25-15-16-26(9-2)27(10-3)21-25/h15-21,23,30H,7-14H2,1-6H3/b31-22+. The molecule has 2 aromatic carbocycles. The van der Waals surface area contributed by atoms with Gasteiger partial charge in [-0.2, -0.15) is 0 Å². The Hall–Kier alpha value is -2.35. The van der Waals surface area contributed by atoms with Crippen LogP contribution in [0.4, 0.5) is 4.39 Å². The zero-order valence-electron chi connectivity index (χ0n) is 21.6. The Kier molecular flexibility index (Phi) is 10.9. The van der Waals surface area contributed by atoms with Gasteiger partial charge in [-0.3, -0.25) is 0 Å². The number of halogens is 1. The van der Waals surface area contributed by atoms with Crippen molar-refractivity contribution in [1.82, 2.24) is 0 Å². The number of aryl methyl sites for hydroxylation is 3. The second kappa shape index (κ2) is 13.4. The number of rotatable bonds is 13. The SMILES string of the molecule is C=C(Oc1ccc(F)cc1)C(CC)/C(=C(\C)CC)C(C)CCCc1ccc(CC)c(CC)c1. The third-order valence-corrected chi connectivity index (χ3v) is 6.92. The molecule has 2 unspecified atom stereocenters. The maximum Gasteiger partial charge on any atom is 0.127 e. The minimum absolute atomic E-state index is 0.167. The van der Waals surface area contributed by atoms with Gasteiger partial charge in [0.05, 0.1) is 0 Å². The lowest BCUT2D eigenvalue weighted by Gasteiger charge is -2.28. The van der Waals surface area contributed by atoms with Crippen molar-refractivity contribution >= 4 is 0 Å². The van der Waals surface area contributed by atoms with Crippen LogP contribution < -0.4 is 4.74 Å². The Bertz CT molecular complexity index is 922. The molecule has 1 nitrogen and oxygen atoms in total. The van der Waals surface area contributed by atoms with Crippen molar-refractivity contribution in [1.29, 1.82) is 0 Å². The zero-order chi connectivity index (χ0) is 24.4. The quantitative estimate of drug-likeness (QED) is 0.218. The number of benzene rings is 2. The third kappa shape index (κ3) is 7.59. The van der Waals surface area contributed by atoms with Crippen LogP contribution in [-0.2, 0) is 19.3 Å². The summed E-state index contributed by atoms with van der Waals surface area (Å²) in [6, 6.07) is 13.2. The first-order chi connectivity index (χ1) is 15.8. The van der Waals surface area contributed by atoms with E-state index in [1.54, 1.807) is 12.1 Å². The summed E-state index contributed by atoms with van der Waals surface area (Å²) in [5.74, 6) is 1.76. The summed E-state index contributed by atoms with van der Waals surface area (Å²) in [6.07, 6.45) is 7.59. The maximum atomic E-state index is 13.3. The van der Waals surface area contributed by atoms with Crippen LogP contribution in [0.3, 0.4) is 0 Å². The van der Waals surface area contributed by atoms with Crippen LogP contribution in [0, 0.1) is 17.7 Å². The summed E-state index contributed by atoms with van der Waals surface area (Å²) in [7, 11) is 0. The van der Waals surface area contributed by atoms with E-state index in [1.165, 1.54) is 40.0 Å². The van der Waals surface area contributed by atoms with E-state index in [9.17, 15) is 4.39 Å². The second-order valence-corrected chi connectivity index (χ2v) is 9.18. The molecule has 0 bridgehead atoms. The van der Waals surface area contributed by atoms with Crippen molar-refractivity contribution in [3.8, 4) is 5.75 Å². The van der Waals surface area contributed by atoms with Crippen molar-refractivity contribution in [2.24, 2.45) is 11.8 Å². The van der Waals surface area contributed by atoms with Gasteiger partial charge >= 0.3 is 0 Å². The first-order valence-electron chi connectivity index (χ1n) is 12.8. The Morgan fingerprint density at radius 1 is 0.970 bits per heavy atom. The van der Waals surface area contributed by atoms with E-state index in [0.717, 1.165) is 50.7 Å². The van der Waals surface area contributed by atoms with Gasteiger partial charge in [0, 0.05) is 5.92 Å². The molecule has 0 aliphatic carbocycles. The van der Waals surface area contributed by atoms with Crippen molar-refractivity contribution in [3.63, 3.8) is 0 Å². The monoisotopic (exact) mass is 450 g/mol. The Balaban J connectivity index is 2.09. The molecule has 180 valence electrons. The lowest BCUT2D eigenvalue weighted by molar-refractivity contribution is 0.346. The smallest absolute Gasteiger partial charge is 0.127 e. The summed E-state index contributed by atoms with van der Waals surface area (Å²) < 4.78 is 19.3. The fourth-order valence-electron chi connectivity index (χ4n) is 4.89. The first-order valence-corrected chi connectivity index (χ1v) is 12.8. The first kappa shape index (κ1) is 26.9. The van der Waals surface area contributed by atoms with Gasteiger partial charge in [0.1, 0.15) is 17.3 Å². The van der Waals surface area contributed by atoms with E-state index in [-0.39, 0.29) is 11.7 Å². The summed E-state index contributed by atoms with van der Waals surface area (Å²) in [4.78, 5) is 0. The van der Waals surface area contributed by atoms with E-state index >= 15 is 0 Å². The number of hydrogen-bond acceptors (Lipinski definition) is 1. The molecule has 0 fully saturated rings. The molecule has 0 radical (unpaired) electrons. The topological polar surface area (TPSA) is 9.23 Å². The molecule has 2 aromatic rings. The average molecular weight is 451 g/mol. The van der Waals surface area contributed by atoms with Gasteiger partial charge in [-0.15, -0.1) is 0 Å². The third-order valence-electron chi connectivity index (χ3n) is 6.92. The lowest BCUT2D eigenvalue weighted by Crippen LogP contribution is -2.18. The van der Waals surface area contributed by atoms with Crippen LogP contribution in [0.25, 0.3) is 0 Å². The molecule has 0 heterocycles. The second-order valence-electron chi connectivity index (χ2n) is 9.18. The van der Waals surface area contributed by atoms with Crippen molar-refractivity contribution < 1.29 is 9.13 Å². The molecule has 0 N–H and O–H groups in total. The molecule has 0 aliphatic rings. The van der Waals surface area contributed by atoms with Gasteiger partial charge < -0.3 is 4.74 Å². The Morgan fingerprint density at radius 2 is 1.64 bits per heavy atom. The lowest BCUT2D eigenvalue weighted by atomic mass is 9.80. The van der Waals surface area contributed by atoms with Crippen molar-refractivity contribution in [2.75, 3.05) is 0 Å². The van der Waals surface area contributed by atoms with E-state index < -0.39 is 0 Å². The van der Waals surface area contributed by atoms with Gasteiger partial charge in [-0.1, -0.05) is 70.5 Å². The number of allylic oxidation sites excluding steroid dienone is 2. The Morgan fingerprint density at radius 3 is 2.21 bits per heavy atom. The minimum Gasteiger partial charge on any atom is -0.462 e. The van der Waals surface area contributed by atoms with E-state index in [0.29, 0.717) is 11.7 Å². The van der Waals surface area contributed by atoms with Crippen LogP contribution in [0.1, 0.15) is 83.9 Å². The number of ether oxygens (including phenoxy) is 1. The fourth-order valence-corrected chi connectivity index (χ4v) is 4.89. The molecule has 0 amide bonds. The number of hydrogen-bond donors (Lipinski definition) is 0. The van der Waals surface area contributed by atoms with Crippen molar-refractivity contribution in [3.05, 3.63) is 88.5 Å². The van der Waals surface area contributed by atoms with Gasteiger partial charge in [-0.05, 0) is 98.7 Å². The summed E-state index contributed by atoms with van der Waals surface area (Å²) >= 11 is 0. The van der Waals surface area contributed by atoms with Gasteiger partial charge in [0.2, 0.25) is 0 Å². The molecule has 0 aliphatic heterocycles. The van der Waals surface area contributed by atoms with Crippen LogP contribution in [0.5, 0.6) is 5.75 Å². The van der Waals surface area contributed by atoms with E-state index in [2.05, 4.69) is 66.3 Å². The fraction of sp³-hybridized carbons (Fsp3) is 0.484. The normalized spacial score (nSPS) is 13.9. The highest BCUT2D eigenvalue weighted by Gasteiger charge is 2.24. The molecule has 33 heavy (non-hydrogen) atoms. The molecule has 0 saturated heterocycles. The highest BCUT2D eigenvalue weighted by Crippen LogP contribution is 2.36. The highest BCUT2D eigenvalue weighted by molar-refractivity contribution is 5.32. The molecule has 2 rings (SSSR count). The molecule has 0 saturated carbocycles. The minimum atomic E-state index is -0.258. The van der Waals surface area contributed by atoms with Crippen LogP contribution in [0.2, 0.25) is 0 Å². The summed E-state index contributed by atoms with van der Waals surface area (Å²) in [6.45, 7) is 17.8. The van der Waals surface area contributed by atoms with Gasteiger partial charge in [0.15, 0.2) is 0 Å². The maximum absolute atomic E-state index is 13.3. The van der Waals surface area contributed by atoms with Crippen LogP contribution >= 0.6 is 0 Å². The molecule has 0 aromatic heterocycles. The molecule has 2 heteroatoms.